The standard InChI is InChI=1S/C17H27NO/c1-5-16(19)14-8-6-7-9-15(14)18-11-10-13(12-18)17(2,3)4/h6-9,13,16,19H,5,10-12H2,1-4H3/t13?,16-/m1/s1. The molecule has 1 heterocycles. The third-order valence-electron chi connectivity index (χ3n) is 4.44. The first-order valence-electron chi connectivity index (χ1n) is 7.45. The second-order valence-electron chi connectivity index (χ2n) is 6.78. The second-order valence-corrected chi connectivity index (χ2v) is 6.78. The molecule has 1 aliphatic rings. The second kappa shape index (κ2) is 5.54. The minimum absolute atomic E-state index is 0.343. The third-order valence-corrected chi connectivity index (χ3v) is 4.44. The molecule has 2 rings (SSSR count). The molecule has 0 bridgehead atoms. The van der Waals surface area contributed by atoms with Gasteiger partial charge in [-0.25, -0.2) is 0 Å². The summed E-state index contributed by atoms with van der Waals surface area (Å²) in [4.78, 5) is 2.45. The normalized spacial score (nSPS) is 21.7. The average molecular weight is 261 g/mol. The highest BCUT2D eigenvalue weighted by molar-refractivity contribution is 5.55. The monoisotopic (exact) mass is 261 g/mol. The van der Waals surface area contributed by atoms with Crippen LogP contribution in [0.5, 0.6) is 0 Å². The van der Waals surface area contributed by atoms with Gasteiger partial charge < -0.3 is 10.0 Å². The number of aliphatic hydroxyl groups excluding tert-OH is 1. The Hall–Kier alpha value is -1.02. The van der Waals surface area contributed by atoms with Crippen molar-refractivity contribution in [2.75, 3.05) is 18.0 Å². The quantitative estimate of drug-likeness (QED) is 0.889. The van der Waals surface area contributed by atoms with Crippen LogP contribution in [0.4, 0.5) is 5.69 Å². The van der Waals surface area contributed by atoms with Crippen molar-refractivity contribution >= 4 is 5.69 Å². The van der Waals surface area contributed by atoms with Gasteiger partial charge in [-0.2, -0.15) is 0 Å². The Morgan fingerprint density at radius 3 is 2.58 bits per heavy atom. The van der Waals surface area contributed by atoms with E-state index in [2.05, 4.69) is 43.9 Å². The van der Waals surface area contributed by atoms with Crippen LogP contribution in [0.25, 0.3) is 0 Å². The van der Waals surface area contributed by atoms with Crippen molar-refractivity contribution in [2.45, 2.75) is 46.6 Å². The highest BCUT2D eigenvalue weighted by Gasteiger charge is 2.32. The lowest BCUT2D eigenvalue weighted by Crippen LogP contribution is -2.26. The molecule has 1 N–H and O–H groups in total. The van der Waals surface area contributed by atoms with Gasteiger partial charge in [0.15, 0.2) is 0 Å². The Bertz CT molecular complexity index is 422. The highest BCUT2D eigenvalue weighted by Crippen LogP contribution is 2.37. The smallest absolute Gasteiger partial charge is 0.0807 e. The zero-order valence-electron chi connectivity index (χ0n) is 12.7. The number of aliphatic hydroxyl groups is 1. The minimum atomic E-state index is -0.343. The van der Waals surface area contributed by atoms with E-state index in [4.69, 9.17) is 0 Å². The fourth-order valence-corrected chi connectivity index (χ4v) is 2.96. The van der Waals surface area contributed by atoms with E-state index in [9.17, 15) is 5.11 Å². The lowest BCUT2D eigenvalue weighted by Gasteiger charge is -2.28. The van der Waals surface area contributed by atoms with Crippen molar-refractivity contribution in [1.82, 2.24) is 0 Å². The van der Waals surface area contributed by atoms with Crippen LogP contribution < -0.4 is 4.90 Å². The number of hydrogen-bond donors (Lipinski definition) is 1. The number of para-hydroxylation sites is 1. The number of nitrogens with zero attached hydrogens (tertiary/aromatic N) is 1. The molecular weight excluding hydrogens is 234 g/mol. The minimum Gasteiger partial charge on any atom is -0.388 e. The summed E-state index contributed by atoms with van der Waals surface area (Å²) >= 11 is 0. The molecule has 1 unspecified atom stereocenters. The van der Waals surface area contributed by atoms with Gasteiger partial charge >= 0.3 is 0 Å². The van der Waals surface area contributed by atoms with Gasteiger partial charge in [-0.15, -0.1) is 0 Å². The van der Waals surface area contributed by atoms with Gasteiger partial charge in [-0.3, -0.25) is 0 Å². The van der Waals surface area contributed by atoms with Crippen LogP contribution in [0.1, 0.15) is 52.2 Å². The summed E-state index contributed by atoms with van der Waals surface area (Å²) < 4.78 is 0. The fraction of sp³-hybridized carbons (Fsp3) is 0.647. The largest absolute Gasteiger partial charge is 0.388 e. The van der Waals surface area contributed by atoms with Crippen LogP contribution in [0.2, 0.25) is 0 Å². The molecule has 0 radical (unpaired) electrons. The molecule has 2 heteroatoms. The van der Waals surface area contributed by atoms with Crippen molar-refractivity contribution in [3.63, 3.8) is 0 Å². The summed E-state index contributed by atoms with van der Waals surface area (Å²) in [6.07, 6.45) is 1.68. The maximum atomic E-state index is 10.2. The molecule has 1 aliphatic heterocycles. The van der Waals surface area contributed by atoms with Crippen molar-refractivity contribution in [3.8, 4) is 0 Å². The number of benzene rings is 1. The lowest BCUT2D eigenvalue weighted by atomic mass is 9.80. The predicted molar refractivity (Wildman–Crippen MR) is 81.5 cm³/mol. The van der Waals surface area contributed by atoms with Crippen molar-refractivity contribution in [3.05, 3.63) is 29.8 Å². The topological polar surface area (TPSA) is 23.5 Å². The summed E-state index contributed by atoms with van der Waals surface area (Å²) in [5.41, 5.74) is 2.68. The molecule has 0 amide bonds. The van der Waals surface area contributed by atoms with Crippen molar-refractivity contribution in [2.24, 2.45) is 11.3 Å². The van der Waals surface area contributed by atoms with Gasteiger partial charge in [0.05, 0.1) is 6.10 Å². The Kier molecular flexibility index (Phi) is 4.19. The Labute approximate surface area is 117 Å². The van der Waals surface area contributed by atoms with E-state index in [1.54, 1.807) is 0 Å². The fourth-order valence-electron chi connectivity index (χ4n) is 2.96. The van der Waals surface area contributed by atoms with E-state index < -0.39 is 0 Å². The number of anilines is 1. The number of rotatable bonds is 3. The van der Waals surface area contributed by atoms with E-state index in [1.165, 1.54) is 12.1 Å². The van der Waals surface area contributed by atoms with E-state index in [-0.39, 0.29) is 6.10 Å². The SMILES string of the molecule is CC[C@@H](O)c1ccccc1N1CCC(C(C)(C)C)C1. The van der Waals surface area contributed by atoms with E-state index >= 15 is 0 Å². The first-order chi connectivity index (χ1) is 8.93. The molecular formula is C17H27NO. The zero-order valence-corrected chi connectivity index (χ0v) is 12.7. The molecule has 1 saturated heterocycles. The summed E-state index contributed by atoms with van der Waals surface area (Å²) in [5, 5.41) is 10.2. The zero-order chi connectivity index (χ0) is 14.0. The van der Waals surface area contributed by atoms with Crippen LogP contribution in [0.3, 0.4) is 0 Å². The third kappa shape index (κ3) is 3.11. The average Bonchev–Trinajstić information content (AvgIpc) is 2.87. The summed E-state index contributed by atoms with van der Waals surface area (Å²) in [6, 6.07) is 8.31. The molecule has 2 atom stereocenters. The van der Waals surface area contributed by atoms with E-state index in [0.717, 1.165) is 31.0 Å². The molecule has 1 aromatic rings. The van der Waals surface area contributed by atoms with Crippen LogP contribution in [-0.4, -0.2) is 18.2 Å². The molecule has 1 fully saturated rings. The van der Waals surface area contributed by atoms with Gasteiger partial charge in [0.2, 0.25) is 0 Å². The first kappa shape index (κ1) is 14.4. The van der Waals surface area contributed by atoms with Gasteiger partial charge in [-0.1, -0.05) is 45.9 Å². The maximum absolute atomic E-state index is 10.2. The lowest BCUT2D eigenvalue weighted by molar-refractivity contribution is 0.174. The van der Waals surface area contributed by atoms with Gasteiger partial charge in [0.1, 0.15) is 0 Å². The number of hydrogen-bond acceptors (Lipinski definition) is 2. The summed E-state index contributed by atoms with van der Waals surface area (Å²) in [6.45, 7) is 11.2. The van der Waals surface area contributed by atoms with Gasteiger partial charge in [-0.05, 0) is 30.2 Å². The molecule has 0 spiro atoms. The van der Waals surface area contributed by atoms with Crippen LogP contribution in [-0.2, 0) is 0 Å². The first-order valence-corrected chi connectivity index (χ1v) is 7.45. The molecule has 1 aromatic carbocycles. The Morgan fingerprint density at radius 1 is 1.32 bits per heavy atom. The van der Waals surface area contributed by atoms with E-state index in [0.29, 0.717) is 5.41 Å². The molecule has 0 aliphatic carbocycles. The molecule has 0 saturated carbocycles. The van der Waals surface area contributed by atoms with Gasteiger partial charge in [0, 0.05) is 24.3 Å². The van der Waals surface area contributed by atoms with Crippen molar-refractivity contribution in [1.29, 1.82) is 0 Å². The maximum Gasteiger partial charge on any atom is 0.0807 e. The van der Waals surface area contributed by atoms with Crippen LogP contribution in [0, 0.1) is 11.3 Å². The van der Waals surface area contributed by atoms with Crippen LogP contribution in [0.15, 0.2) is 24.3 Å². The van der Waals surface area contributed by atoms with E-state index in [1.807, 2.05) is 13.0 Å². The highest BCUT2D eigenvalue weighted by atomic mass is 16.3. The van der Waals surface area contributed by atoms with Crippen LogP contribution >= 0.6 is 0 Å². The van der Waals surface area contributed by atoms with Crippen molar-refractivity contribution < 1.29 is 5.11 Å². The Morgan fingerprint density at radius 2 is 2.00 bits per heavy atom. The molecule has 19 heavy (non-hydrogen) atoms. The molecule has 106 valence electrons. The Balaban J connectivity index is 2.20. The molecule has 2 nitrogen and oxygen atoms in total. The summed E-state index contributed by atoms with van der Waals surface area (Å²) in [5.74, 6) is 0.735. The summed E-state index contributed by atoms with van der Waals surface area (Å²) in [7, 11) is 0. The predicted octanol–water partition coefficient (Wildman–Crippen LogP) is 4.00. The molecule has 0 aromatic heterocycles. The van der Waals surface area contributed by atoms with Gasteiger partial charge in [0.25, 0.3) is 0 Å².